The summed E-state index contributed by atoms with van der Waals surface area (Å²) in [6, 6.07) is 9.06. The highest BCUT2D eigenvalue weighted by molar-refractivity contribution is 5.32. The standard InChI is InChI=1S/C12H17NO/c14-9-8-13-12-7-3-5-10-4-1-2-6-11(10)12/h1-2,4,6,12-14H,3,5,7-9H2/t12-/m1/s1. The van der Waals surface area contributed by atoms with Gasteiger partial charge in [-0.15, -0.1) is 0 Å². The number of hydrogen-bond donors (Lipinski definition) is 2. The van der Waals surface area contributed by atoms with E-state index in [1.54, 1.807) is 0 Å². The molecule has 2 rings (SSSR count). The summed E-state index contributed by atoms with van der Waals surface area (Å²) in [5.74, 6) is 0. The molecule has 0 spiro atoms. The molecular weight excluding hydrogens is 174 g/mol. The Labute approximate surface area is 85.0 Å². The van der Waals surface area contributed by atoms with Crippen molar-refractivity contribution in [3.8, 4) is 0 Å². The van der Waals surface area contributed by atoms with Gasteiger partial charge in [0.2, 0.25) is 0 Å². The Bertz CT molecular complexity index is 298. The highest BCUT2D eigenvalue weighted by Crippen LogP contribution is 2.28. The predicted molar refractivity (Wildman–Crippen MR) is 57.2 cm³/mol. The van der Waals surface area contributed by atoms with Crippen LogP contribution in [0.25, 0.3) is 0 Å². The van der Waals surface area contributed by atoms with E-state index in [2.05, 4.69) is 29.6 Å². The summed E-state index contributed by atoms with van der Waals surface area (Å²) in [6.45, 7) is 0.914. The van der Waals surface area contributed by atoms with E-state index in [0.717, 1.165) is 0 Å². The molecule has 76 valence electrons. The summed E-state index contributed by atoms with van der Waals surface area (Å²) in [5, 5.41) is 12.2. The van der Waals surface area contributed by atoms with Crippen molar-refractivity contribution in [3.05, 3.63) is 35.4 Å². The maximum Gasteiger partial charge on any atom is 0.0556 e. The van der Waals surface area contributed by atoms with Crippen LogP contribution in [0.4, 0.5) is 0 Å². The zero-order chi connectivity index (χ0) is 9.80. The maximum absolute atomic E-state index is 8.78. The van der Waals surface area contributed by atoms with Crippen LogP contribution in [0.2, 0.25) is 0 Å². The minimum atomic E-state index is 0.221. The fraction of sp³-hybridized carbons (Fsp3) is 0.500. The first-order chi connectivity index (χ1) is 6.92. The van der Waals surface area contributed by atoms with Crippen LogP contribution in [0.5, 0.6) is 0 Å². The number of aryl methyl sites for hydroxylation is 1. The van der Waals surface area contributed by atoms with Crippen LogP contribution in [0.3, 0.4) is 0 Å². The van der Waals surface area contributed by atoms with Crippen LogP contribution in [-0.2, 0) is 6.42 Å². The van der Waals surface area contributed by atoms with Gasteiger partial charge >= 0.3 is 0 Å². The first-order valence-corrected chi connectivity index (χ1v) is 5.34. The van der Waals surface area contributed by atoms with Gasteiger partial charge in [-0.05, 0) is 30.4 Å². The summed E-state index contributed by atoms with van der Waals surface area (Å²) in [5.41, 5.74) is 2.89. The molecule has 1 aliphatic carbocycles. The molecule has 0 saturated heterocycles. The predicted octanol–water partition coefficient (Wildman–Crippen LogP) is 1.65. The van der Waals surface area contributed by atoms with Crippen LogP contribution in [0, 0.1) is 0 Å². The van der Waals surface area contributed by atoms with Crippen LogP contribution in [-0.4, -0.2) is 18.3 Å². The first-order valence-electron chi connectivity index (χ1n) is 5.34. The quantitative estimate of drug-likeness (QED) is 0.761. The average molecular weight is 191 g/mol. The monoisotopic (exact) mass is 191 g/mol. The normalized spacial score (nSPS) is 20.5. The Hall–Kier alpha value is -0.860. The zero-order valence-electron chi connectivity index (χ0n) is 8.37. The molecule has 0 saturated carbocycles. The van der Waals surface area contributed by atoms with Crippen LogP contribution in [0.15, 0.2) is 24.3 Å². The van der Waals surface area contributed by atoms with Crippen molar-refractivity contribution in [2.24, 2.45) is 0 Å². The van der Waals surface area contributed by atoms with Gasteiger partial charge in [0.15, 0.2) is 0 Å². The van der Waals surface area contributed by atoms with E-state index in [1.807, 2.05) is 0 Å². The molecule has 0 unspecified atom stereocenters. The highest BCUT2D eigenvalue weighted by Gasteiger charge is 2.18. The molecule has 0 fully saturated rings. The summed E-state index contributed by atoms with van der Waals surface area (Å²) in [7, 11) is 0. The SMILES string of the molecule is OCCN[C@@H]1CCCc2ccccc21. The van der Waals surface area contributed by atoms with Crippen molar-refractivity contribution in [1.82, 2.24) is 5.32 Å². The van der Waals surface area contributed by atoms with Crippen molar-refractivity contribution in [2.75, 3.05) is 13.2 Å². The molecule has 2 nitrogen and oxygen atoms in total. The van der Waals surface area contributed by atoms with E-state index in [0.29, 0.717) is 12.6 Å². The van der Waals surface area contributed by atoms with Crippen LogP contribution in [0.1, 0.15) is 30.0 Å². The van der Waals surface area contributed by atoms with Gasteiger partial charge in [0.25, 0.3) is 0 Å². The van der Waals surface area contributed by atoms with E-state index >= 15 is 0 Å². The highest BCUT2D eigenvalue weighted by atomic mass is 16.3. The largest absolute Gasteiger partial charge is 0.395 e. The number of aliphatic hydroxyl groups is 1. The van der Waals surface area contributed by atoms with Gasteiger partial charge in [-0.25, -0.2) is 0 Å². The van der Waals surface area contributed by atoms with E-state index in [-0.39, 0.29) is 6.61 Å². The lowest BCUT2D eigenvalue weighted by atomic mass is 9.88. The second-order valence-electron chi connectivity index (χ2n) is 3.82. The lowest BCUT2D eigenvalue weighted by molar-refractivity contribution is 0.280. The molecule has 0 aliphatic heterocycles. The third-order valence-electron chi connectivity index (χ3n) is 2.87. The molecule has 2 heteroatoms. The fourth-order valence-electron chi connectivity index (χ4n) is 2.20. The number of aliphatic hydroxyl groups excluding tert-OH is 1. The first kappa shape index (κ1) is 9.69. The molecule has 0 amide bonds. The van der Waals surface area contributed by atoms with Gasteiger partial charge in [-0.1, -0.05) is 24.3 Å². The van der Waals surface area contributed by atoms with Crippen molar-refractivity contribution < 1.29 is 5.11 Å². The second kappa shape index (κ2) is 4.58. The fourth-order valence-corrected chi connectivity index (χ4v) is 2.20. The molecule has 0 aromatic heterocycles. The minimum absolute atomic E-state index is 0.221. The molecule has 0 radical (unpaired) electrons. The van der Waals surface area contributed by atoms with Gasteiger partial charge in [-0.2, -0.15) is 0 Å². The van der Waals surface area contributed by atoms with Gasteiger partial charge < -0.3 is 10.4 Å². The van der Waals surface area contributed by atoms with Gasteiger partial charge in [0.05, 0.1) is 6.61 Å². The topological polar surface area (TPSA) is 32.3 Å². The van der Waals surface area contributed by atoms with Gasteiger partial charge in [0, 0.05) is 12.6 Å². The molecule has 1 atom stereocenters. The number of fused-ring (bicyclic) bond motifs is 1. The Morgan fingerprint density at radius 3 is 3.07 bits per heavy atom. The second-order valence-corrected chi connectivity index (χ2v) is 3.82. The molecule has 1 aliphatic rings. The Morgan fingerprint density at radius 2 is 2.21 bits per heavy atom. The van der Waals surface area contributed by atoms with E-state index in [9.17, 15) is 0 Å². The van der Waals surface area contributed by atoms with E-state index in [4.69, 9.17) is 5.11 Å². The van der Waals surface area contributed by atoms with Crippen molar-refractivity contribution in [1.29, 1.82) is 0 Å². The zero-order valence-corrected chi connectivity index (χ0v) is 8.37. The molecule has 1 aromatic carbocycles. The Morgan fingerprint density at radius 1 is 1.36 bits per heavy atom. The number of nitrogens with one attached hydrogen (secondary N) is 1. The summed E-state index contributed by atoms with van der Waals surface area (Å²) in [6.07, 6.45) is 3.64. The Kier molecular flexibility index (Phi) is 3.17. The summed E-state index contributed by atoms with van der Waals surface area (Å²) < 4.78 is 0. The number of rotatable bonds is 3. The smallest absolute Gasteiger partial charge is 0.0556 e. The summed E-state index contributed by atoms with van der Waals surface area (Å²) >= 11 is 0. The molecule has 0 bridgehead atoms. The Balaban J connectivity index is 2.14. The molecule has 2 N–H and O–H groups in total. The molecule has 0 heterocycles. The average Bonchev–Trinajstić information content (AvgIpc) is 2.26. The number of benzene rings is 1. The minimum Gasteiger partial charge on any atom is -0.395 e. The molecule has 14 heavy (non-hydrogen) atoms. The van der Waals surface area contributed by atoms with Crippen molar-refractivity contribution in [2.45, 2.75) is 25.3 Å². The lowest BCUT2D eigenvalue weighted by Gasteiger charge is -2.26. The third kappa shape index (κ3) is 1.97. The van der Waals surface area contributed by atoms with E-state index in [1.165, 1.54) is 30.4 Å². The van der Waals surface area contributed by atoms with Gasteiger partial charge in [-0.3, -0.25) is 0 Å². The number of hydrogen-bond acceptors (Lipinski definition) is 2. The summed E-state index contributed by atoms with van der Waals surface area (Å²) in [4.78, 5) is 0. The maximum atomic E-state index is 8.78. The molecular formula is C12H17NO. The van der Waals surface area contributed by atoms with Crippen molar-refractivity contribution >= 4 is 0 Å². The van der Waals surface area contributed by atoms with E-state index < -0.39 is 0 Å². The van der Waals surface area contributed by atoms with Gasteiger partial charge in [0.1, 0.15) is 0 Å². The lowest BCUT2D eigenvalue weighted by Crippen LogP contribution is -2.27. The van der Waals surface area contributed by atoms with Crippen LogP contribution < -0.4 is 5.32 Å². The van der Waals surface area contributed by atoms with Crippen molar-refractivity contribution in [3.63, 3.8) is 0 Å². The van der Waals surface area contributed by atoms with Crippen LogP contribution >= 0.6 is 0 Å². The third-order valence-corrected chi connectivity index (χ3v) is 2.87. The molecule has 1 aromatic rings.